The van der Waals surface area contributed by atoms with Crippen molar-refractivity contribution < 1.29 is 10.2 Å². The molecule has 2 N–H and O–H groups in total. The lowest BCUT2D eigenvalue weighted by Crippen LogP contribution is -1.97. The Bertz CT molecular complexity index is 363. The van der Waals surface area contributed by atoms with E-state index in [2.05, 4.69) is 6.08 Å². The number of hydrogen-bond acceptors (Lipinski definition) is 2. The molecular weight excluding hydrogens is 284 g/mol. The largest absolute Gasteiger partial charge is 0.512 e. The van der Waals surface area contributed by atoms with E-state index >= 15 is 0 Å². The highest BCUT2D eigenvalue weighted by Crippen LogP contribution is 2.30. The Morgan fingerprint density at radius 1 is 0.739 bits per heavy atom. The maximum Gasteiger partial charge on any atom is 0.0957 e. The van der Waals surface area contributed by atoms with Gasteiger partial charge >= 0.3 is 0 Å². The van der Waals surface area contributed by atoms with Gasteiger partial charge in [-0.05, 0) is 69.9 Å². The summed E-state index contributed by atoms with van der Waals surface area (Å²) in [6.07, 6.45) is 19.9. The highest BCUT2D eigenvalue weighted by atomic mass is 16.3. The lowest BCUT2D eigenvalue weighted by atomic mass is 9.93. The molecule has 0 bridgehead atoms. The minimum absolute atomic E-state index is 0.167. The van der Waals surface area contributed by atoms with Gasteiger partial charge in [-0.1, -0.05) is 44.6 Å². The fraction of sp³-hybridized carbons (Fsp3) is 0.810. The van der Waals surface area contributed by atoms with Gasteiger partial charge in [0, 0.05) is 12.5 Å². The standard InChI is InChI=1S/C18H30O.C3H8O/c19-18-15-11-7-3-6-10-14-17(18)16-12-8-4-1-2-5-9-13-16;1-3(2)4/h12,19H,1-11,13-15H2;3-4H,1-2H3. The number of aliphatic hydroxyl groups is 2. The van der Waals surface area contributed by atoms with Gasteiger partial charge < -0.3 is 10.2 Å². The van der Waals surface area contributed by atoms with Crippen LogP contribution in [0.3, 0.4) is 0 Å². The monoisotopic (exact) mass is 322 g/mol. The average Bonchev–Trinajstić information content (AvgIpc) is 2.68. The zero-order chi connectivity index (χ0) is 16.9. The molecule has 0 spiro atoms. The van der Waals surface area contributed by atoms with E-state index in [9.17, 15) is 5.11 Å². The number of hydrogen-bond donors (Lipinski definition) is 2. The molecule has 2 heteroatoms. The molecular formula is C21H38O2. The summed E-state index contributed by atoms with van der Waals surface area (Å²) < 4.78 is 0. The second-order valence-corrected chi connectivity index (χ2v) is 7.32. The zero-order valence-corrected chi connectivity index (χ0v) is 15.4. The normalized spacial score (nSPS) is 21.7. The predicted molar refractivity (Wildman–Crippen MR) is 99.7 cm³/mol. The van der Waals surface area contributed by atoms with Crippen molar-refractivity contribution in [1.82, 2.24) is 0 Å². The van der Waals surface area contributed by atoms with Gasteiger partial charge in [0.1, 0.15) is 0 Å². The SMILES string of the molecule is CC(C)O.OC1=C(C2=CCCCCCCC2)CCCCCCC1. The maximum absolute atomic E-state index is 10.4. The van der Waals surface area contributed by atoms with Crippen molar-refractivity contribution in [2.45, 2.75) is 110 Å². The van der Waals surface area contributed by atoms with Crippen LogP contribution in [0.15, 0.2) is 23.0 Å². The molecule has 2 nitrogen and oxygen atoms in total. The van der Waals surface area contributed by atoms with E-state index in [1.807, 2.05) is 0 Å². The molecule has 134 valence electrons. The smallest absolute Gasteiger partial charge is 0.0957 e. The van der Waals surface area contributed by atoms with Gasteiger partial charge in [0.2, 0.25) is 0 Å². The first-order chi connectivity index (χ1) is 11.1. The van der Waals surface area contributed by atoms with Crippen molar-refractivity contribution in [2.75, 3.05) is 0 Å². The van der Waals surface area contributed by atoms with Crippen LogP contribution >= 0.6 is 0 Å². The Hall–Kier alpha value is -0.760. The van der Waals surface area contributed by atoms with E-state index in [1.165, 1.54) is 88.2 Å². The summed E-state index contributed by atoms with van der Waals surface area (Å²) >= 11 is 0. The summed E-state index contributed by atoms with van der Waals surface area (Å²) in [5.74, 6) is 0.715. The van der Waals surface area contributed by atoms with Crippen molar-refractivity contribution in [3.63, 3.8) is 0 Å². The maximum atomic E-state index is 10.4. The molecule has 0 fully saturated rings. The first-order valence-corrected chi connectivity index (χ1v) is 9.89. The minimum atomic E-state index is -0.167. The van der Waals surface area contributed by atoms with Crippen molar-refractivity contribution in [2.24, 2.45) is 0 Å². The summed E-state index contributed by atoms with van der Waals surface area (Å²) in [6, 6.07) is 0. The quantitative estimate of drug-likeness (QED) is 0.571. The molecule has 0 unspecified atom stereocenters. The van der Waals surface area contributed by atoms with Crippen LogP contribution in [0.4, 0.5) is 0 Å². The Morgan fingerprint density at radius 2 is 1.22 bits per heavy atom. The fourth-order valence-corrected chi connectivity index (χ4v) is 3.41. The third-order valence-corrected chi connectivity index (χ3v) is 4.62. The number of rotatable bonds is 1. The molecule has 2 aliphatic rings. The van der Waals surface area contributed by atoms with Crippen LogP contribution < -0.4 is 0 Å². The summed E-state index contributed by atoms with van der Waals surface area (Å²) in [4.78, 5) is 0. The summed E-state index contributed by atoms with van der Waals surface area (Å²) in [5, 5.41) is 18.5. The van der Waals surface area contributed by atoms with Gasteiger partial charge in [-0.3, -0.25) is 0 Å². The van der Waals surface area contributed by atoms with Crippen molar-refractivity contribution in [3.05, 3.63) is 23.0 Å². The molecule has 23 heavy (non-hydrogen) atoms. The van der Waals surface area contributed by atoms with Gasteiger partial charge in [-0.2, -0.15) is 0 Å². The van der Waals surface area contributed by atoms with Crippen LogP contribution in [-0.2, 0) is 0 Å². The van der Waals surface area contributed by atoms with Crippen LogP contribution in [0.1, 0.15) is 104 Å². The second-order valence-electron chi connectivity index (χ2n) is 7.32. The lowest BCUT2D eigenvalue weighted by molar-refractivity contribution is 0.216. The van der Waals surface area contributed by atoms with Crippen molar-refractivity contribution >= 4 is 0 Å². The highest BCUT2D eigenvalue weighted by molar-refractivity contribution is 5.33. The topological polar surface area (TPSA) is 40.5 Å². The fourth-order valence-electron chi connectivity index (χ4n) is 3.41. The summed E-state index contributed by atoms with van der Waals surface area (Å²) in [7, 11) is 0. The van der Waals surface area contributed by atoms with Gasteiger partial charge in [-0.15, -0.1) is 0 Å². The van der Waals surface area contributed by atoms with E-state index in [0.717, 1.165) is 12.8 Å². The number of aliphatic hydroxyl groups excluding tert-OH is 2. The molecule has 0 radical (unpaired) electrons. The van der Waals surface area contributed by atoms with Gasteiger partial charge in [0.05, 0.1) is 5.76 Å². The van der Waals surface area contributed by atoms with Crippen LogP contribution in [-0.4, -0.2) is 16.3 Å². The third-order valence-electron chi connectivity index (χ3n) is 4.62. The summed E-state index contributed by atoms with van der Waals surface area (Å²) in [5.41, 5.74) is 2.81. The average molecular weight is 323 g/mol. The van der Waals surface area contributed by atoms with Crippen LogP contribution in [0.5, 0.6) is 0 Å². The van der Waals surface area contributed by atoms with Gasteiger partial charge in [0.25, 0.3) is 0 Å². The van der Waals surface area contributed by atoms with Crippen molar-refractivity contribution in [3.8, 4) is 0 Å². The van der Waals surface area contributed by atoms with E-state index in [0.29, 0.717) is 5.76 Å². The first-order valence-electron chi connectivity index (χ1n) is 9.89. The summed E-state index contributed by atoms with van der Waals surface area (Å²) in [6.45, 7) is 3.44. The van der Waals surface area contributed by atoms with E-state index in [-0.39, 0.29) is 6.10 Å². The molecule has 0 amide bonds. The molecule has 2 rings (SSSR count). The molecule has 0 aliphatic heterocycles. The molecule has 0 saturated heterocycles. The minimum Gasteiger partial charge on any atom is -0.512 e. The van der Waals surface area contributed by atoms with Crippen LogP contribution in [0.25, 0.3) is 0 Å². The molecule has 0 aromatic heterocycles. The van der Waals surface area contributed by atoms with Crippen LogP contribution in [0.2, 0.25) is 0 Å². The van der Waals surface area contributed by atoms with Crippen molar-refractivity contribution in [1.29, 1.82) is 0 Å². The van der Waals surface area contributed by atoms with Gasteiger partial charge in [0.15, 0.2) is 0 Å². The molecule has 0 saturated carbocycles. The lowest BCUT2D eigenvalue weighted by Gasteiger charge is -2.14. The van der Waals surface area contributed by atoms with E-state index < -0.39 is 0 Å². The third kappa shape index (κ3) is 9.86. The van der Waals surface area contributed by atoms with Gasteiger partial charge in [-0.25, -0.2) is 0 Å². The molecule has 0 heterocycles. The first kappa shape index (κ1) is 20.3. The zero-order valence-electron chi connectivity index (χ0n) is 15.4. The molecule has 2 aliphatic carbocycles. The molecule has 0 atom stereocenters. The van der Waals surface area contributed by atoms with Crippen LogP contribution in [0, 0.1) is 0 Å². The number of allylic oxidation sites excluding steroid dienone is 4. The Kier molecular flexibility index (Phi) is 11.1. The molecule has 0 aromatic carbocycles. The van der Waals surface area contributed by atoms with E-state index in [4.69, 9.17) is 5.11 Å². The Morgan fingerprint density at radius 3 is 1.87 bits per heavy atom. The van der Waals surface area contributed by atoms with E-state index in [1.54, 1.807) is 13.8 Å². The Balaban J connectivity index is 0.000000593. The highest BCUT2D eigenvalue weighted by Gasteiger charge is 2.13. The second kappa shape index (κ2) is 12.6. The molecule has 0 aromatic rings. The Labute approximate surface area is 143 Å². The predicted octanol–water partition coefficient (Wildman–Crippen LogP) is 6.60.